The largest absolute Gasteiger partial charge is 0.497 e. The highest BCUT2D eigenvalue weighted by atomic mass is 32.2. The van der Waals surface area contributed by atoms with Gasteiger partial charge in [0.05, 0.1) is 25.0 Å². The molecule has 1 saturated heterocycles. The van der Waals surface area contributed by atoms with Gasteiger partial charge in [0, 0.05) is 30.3 Å². The summed E-state index contributed by atoms with van der Waals surface area (Å²) >= 11 is 1.73. The molecule has 194 valence electrons. The molecular formula is C28H36N2O5S. The molecule has 1 fully saturated rings. The van der Waals surface area contributed by atoms with Crippen LogP contribution >= 0.6 is 11.8 Å². The first kappa shape index (κ1) is 26.5. The Balaban J connectivity index is 1.33. The van der Waals surface area contributed by atoms with E-state index in [4.69, 9.17) is 9.15 Å². The van der Waals surface area contributed by atoms with Gasteiger partial charge in [-0.05, 0) is 99.0 Å². The summed E-state index contributed by atoms with van der Waals surface area (Å²) in [5.41, 5.74) is 1.71. The summed E-state index contributed by atoms with van der Waals surface area (Å²) in [5.74, 6) is 1.75. The fourth-order valence-corrected chi connectivity index (χ4v) is 6.05. The van der Waals surface area contributed by atoms with Crippen LogP contribution in [0.1, 0.15) is 50.2 Å². The van der Waals surface area contributed by atoms with Crippen molar-refractivity contribution in [1.29, 1.82) is 0 Å². The summed E-state index contributed by atoms with van der Waals surface area (Å²) in [4.78, 5) is 18.2. The standard InChI is InChI=1S/C28H36N2O5S/c1-34-22-7-8-25-24(18-22)23(11-13-29-25)26(31)9-5-20-12-15-30(19-21(20)6-10-27(32)33)14-3-17-36-28-4-2-16-35-28/h2,4,7-8,11,13,16,18,20-21,26,31H,3,5-6,9-10,12,14-15,17,19H2,1H3,(H,32,33)/t20-,21-,26-/m1/s1. The number of aliphatic hydroxyl groups is 1. The minimum atomic E-state index is -0.738. The number of aromatic nitrogens is 1. The monoisotopic (exact) mass is 512 g/mol. The molecule has 1 aliphatic rings. The van der Waals surface area contributed by atoms with Gasteiger partial charge in [-0.2, -0.15) is 0 Å². The minimum absolute atomic E-state index is 0.195. The Morgan fingerprint density at radius 3 is 2.94 bits per heavy atom. The number of carboxylic acid groups (broad SMARTS) is 1. The van der Waals surface area contributed by atoms with Gasteiger partial charge in [0.2, 0.25) is 0 Å². The summed E-state index contributed by atoms with van der Waals surface area (Å²) in [6.07, 6.45) is 7.35. The summed E-state index contributed by atoms with van der Waals surface area (Å²) < 4.78 is 10.8. The molecule has 36 heavy (non-hydrogen) atoms. The number of hydrogen-bond donors (Lipinski definition) is 2. The van der Waals surface area contributed by atoms with Crippen molar-refractivity contribution in [2.75, 3.05) is 32.5 Å². The lowest BCUT2D eigenvalue weighted by Gasteiger charge is -2.39. The number of fused-ring (bicyclic) bond motifs is 1. The number of hydrogen-bond acceptors (Lipinski definition) is 7. The minimum Gasteiger partial charge on any atom is -0.497 e. The first-order valence-electron chi connectivity index (χ1n) is 12.7. The van der Waals surface area contributed by atoms with E-state index in [1.165, 1.54) is 0 Å². The molecule has 1 aromatic carbocycles. The maximum absolute atomic E-state index is 11.3. The van der Waals surface area contributed by atoms with Gasteiger partial charge in [-0.3, -0.25) is 9.78 Å². The fraction of sp³-hybridized carbons (Fsp3) is 0.500. The number of carboxylic acids is 1. The second kappa shape index (κ2) is 13.1. The number of piperidine rings is 1. The fourth-order valence-electron chi connectivity index (χ4n) is 5.27. The number of likely N-dealkylation sites (tertiary alicyclic amines) is 1. The molecule has 3 heterocycles. The van der Waals surface area contributed by atoms with Crippen LogP contribution in [0, 0.1) is 11.8 Å². The highest BCUT2D eigenvalue weighted by Gasteiger charge is 2.30. The molecule has 0 bridgehead atoms. The van der Waals surface area contributed by atoms with Gasteiger partial charge < -0.3 is 24.3 Å². The van der Waals surface area contributed by atoms with Crippen LogP contribution in [-0.2, 0) is 4.79 Å². The van der Waals surface area contributed by atoms with Gasteiger partial charge in [0.1, 0.15) is 5.75 Å². The van der Waals surface area contributed by atoms with Crippen LogP contribution in [0.2, 0.25) is 0 Å². The van der Waals surface area contributed by atoms with Gasteiger partial charge in [-0.1, -0.05) is 11.8 Å². The van der Waals surface area contributed by atoms with Crippen LogP contribution in [0.3, 0.4) is 0 Å². The van der Waals surface area contributed by atoms with Gasteiger partial charge in [-0.25, -0.2) is 0 Å². The Bertz CT molecular complexity index is 1110. The first-order valence-corrected chi connectivity index (χ1v) is 13.7. The average Bonchev–Trinajstić information content (AvgIpc) is 3.42. The van der Waals surface area contributed by atoms with Crippen LogP contribution in [0.15, 0.2) is 58.4 Å². The van der Waals surface area contributed by atoms with Crippen molar-refractivity contribution in [3.05, 3.63) is 54.4 Å². The lowest BCUT2D eigenvalue weighted by Crippen LogP contribution is -2.41. The van der Waals surface area contributed by atoms with Gasteiger partial charge in [0.25, 0.3) is 0 Å². The third-order valence-corrected chi connectivity index (χ3v) is 8.22. The molecule has 0 unspecified atom stereocenters. The molecule has 0 amide bonds. The highest BCUT2D eigenvalue weighted by molar-refractivity contribution is 7.99. The SMILES string of the molecule is COc1ccc2nccc([C@H](O)CC[C@@H]3CCN(CCCSc4ccco4)C[C@H]3CCC(=O)O)c2c1. The highest BCUT2D eigenvalue weighted by Crippen LogP contribution is 2.35. The third-order valence-electron chi connectivity index (χ3n) is 7.21. The Morgan fingerprint density at radius 1 is 1.28 bits per heavy atom. The lowest BCUT2D eigenvalue weighted by molar-refractivity contribution is -0.137. The molecule has 1 aliphatic heterocycles. The molecule has 2 N–H and O–H groups in total. The van der Waals surface area contributed by atoms with Crippen molar-refractivity contribution in [2.45, 2.75) is 49.7 Å². The van der Waals surface area contributed by atoms with Crippen molar-refractivity contribution in [2.24, 2.45) is 11.8 Å². The Hall–Kier alpha value is -2.55. The van der Waals surface area contributed by atoms with E-state index in [0.717, 1.165) is 72.0 Å². The number of nitrogens with zero attached hydrogens (tertiary/aromatic N) is 2. The van der Waals surface area contributed by atoms with E-state index in [1.54, 1.807) is 31.3 Å². The number of furan rings is 1. The van der Waals surface area contributed by atoms with Crippen molar-refractivity contribution < 1.29 is 24.2 Å². The van der Waals surface area contributed by atoms with Crippen LogP contribution in [-0.4, -0.2) is 58.6 Å². The molecule has 0 aliphatic carbocycles. The number of rotatable bonds is 13. The second-order valence-corrected chi connectivity index (χ2v) is 10.7. The number of aliphatic carboxylic acids is 1. The zero-order chi connectivity index (χ0) is 25.3. The number of benzene rings is 1. The smallest absolute Gasteiger partial charge is 0.303 e. The zero-order valence-electron chi connectivity index (χ0n) is 20.8. The molecule has 8 heteroatoms. The molecule has 4 rings (SSSR count). The number of thioether (sulfide) groups is 1. The third kappa shape index (κ3) is 7.24. The van der Waals surface area contributed by atoms with Gasteiger partial charge >= 0.3 is 5.97 Å². The summed E-state index contributed by atoms with van der Waals surface area (Å²) in [6.45, 7) is 2.96. The van der Waals surface area contributed by atoms with Gasteiger partial charge in [0.15, 0.2) is 5.09 Å². The summed E-state index contributed by atoms with van der Waals surface area (Å²) in [6, 6.07) is 11.5. The zero-order valence-corrected chi connectivity index (χ0v) is 21.7. The van der Waals surface area contributed by atoms with Crippen molar-refractivity contribution in [3.8, 4) is 5.75 Å². The van der Waals surface area contributed by atoms with E-state index in [1.807, 2.05) is 36.4 Å². The molecular weight excluding hydrogens is 476 g/mol. The van der Waals surface area contributed by atoms with E-state index in [9.17, 15) is 15.0 Å². The number of carbonyl (C=O) groups is 1. The van der Waals surface area contributed by atoms with Gasteiger partial charge in [-0.15, -0.1) is 0 Å². The van der Waals surface area contributed by atoms with Crippen LogP contribution in [0.25, 0.3) is 10.9 Å². The summed E-state index contributed by atoms with van der Waals surface area (Å²) in [7, 11) is 1.63. The first-order chi connectivity index (χ1) is 17.5. The molecule has 2 aromatic heterocycles. The maximum atomic E-state index is 11.3. The Labute approximate surface area is 216 Å². The maximum Gasteiger partial charge on any atom is 0.303 e. The molecule has 0 spiro atoms. The van der Waals surface area contributed by atoms with Crippen molar-refractivity contribution >= 4 is 28.6 Å². The number of methoxy groups -OCH3 is 1. The predicted molar refractivity (Wildman–Crippen MR) is 141 cm³/mol. The van der Waals surface area contributed by atoms with E-state index in [-0.39, 0.29) is 6.42 Å². The molecule has 0 saturated carbocycles. The van der Waals surface area contributed by atoms with Crippen LogP contribution in [0.5, 0.6) is 5.75 Å². The van der Waals surface area contributed by atoms with E-state index < -0.39 is 12.1 Å². The van der Waals surface area contributed by atoms with Crippen molar-refractivity contribution in [3.63, 3.8) is 0 Å². The van der Waals surface area contributed by atoms with E-state index >= 15 is 0 Å². The molecule has 7 nitrogen and oxygen atoms in total. The van der Waals surface area contributed by atoms with E-state index in [2.05, 4.69) is 9.88 Å². The molecule has 0 radical (unpaired) electrons. The number of aliphatic hydroxyl groups excluding tert-OH is 1. The Kier molecular flexibility index (Phi) is 9.67. The number of pyridine rings is 1. The number of ether oxygens (including phenoxy) is 1. The van der Waals surface area contributed by atoms with Crippen LogP contribution in [0.4, 0.5) is 0 Å². The second-order valence-electron chi connectivity index (χ2n) is 9.55. The van der Waals surface area contributed by atoms with Crippen molar-refractivity contribution in [1.82, 2.24) is 9.88 Å². The molecule has 3 aromatic rings. The predicted octanol–water partition coefficient (Wildman–Crippen LogP) is 5.64. The Morgan fingerprint density at radius 2 is 2.17 bits per heavy atom. The quantitative estimate of drug-likeness (QED) is 0.225. The lowest BCUT2D eigenvalue weighted by atomic mass is 9.79. The average molecular weight is 513 g/mol. The van der Waals surface area contributed by atoms with E-state index in [0.29, 0.717) is 24.7 Å². The van der Waals surface area contributed by atoms with Crippen LogP contribution < -0.4 is 4.74 Å². The summed E-state index contributed by atoms with van der Waals surface area (Å²) in [5, 5.41) is 22.3. The molecule has 3 atom stereocenters. The topological polar surface area (TPSA) is 96.0 Å². The normalized spacial score (nSPS) is 19.4.